The van der Waals surface area contributed by atoms with Gasteiger partial charge >= 0.3 is 0 Å². The van der Waals surface area contributed by atoms with Crippen molar-refractivity contribution < 1.29 is 4.74 Å². The molecule has 158 valence electrons. The number of aliphatic imine (C=N–C) groups is 1. The van der Waals surface area contributed by atoms with Gasteiger partial charge in [-0.15, -0.1) is 24.0 Å². The summed E-state index contributed by atoms with van der Waals surface area (Å²) in [6.45, 7) is 7.98. The Morgan fingerprint density at radius 1 is 1.21 bits per heavy atom. The number of piperazine rings is 1. The van der Waals surface area contributed by atoms with Crippen molar-refractivity contribution in [3.05, 3.63) is 29.3 Å². The standard InChI is InChI=1S/C20H32ClN5O.HI/c1-22-20(24-16-17-6-4-15-27-17)23-9-5-10-25-11-13-26(14-12-25)19-8-3-2-7-18(19)21;/h2-3,7-8,17H,4-6,9-16H2,1H3,(H2,22,23,24);1H. The molecular formula is C20H33ClIN5O. The van der Waals surface area contributed by atoms with Crippen LogP contribution in [0.1, 0.15) is 19.3 Å². The van der Waals surface area contributed by atoms with Crippen LogP contribution in [0.15, 0.2) is 29.3 Å². The van der Waals surface area contributed by atoms with E-state index in [0.29, 0.717) is 6.10 Å². The van der Waals surface area contributed by atoms with E-state index >= 15 is 0 Å². The van der Waals surface area contributed by atoms with Gasteiger partial charge in [-0.1, -0.05) is 23.7 Å². The molecule has 0 bridgehead atoms. The van der Waals surface area contributed by atoms with Gasteiger partial charge in [-0.05, 0) is 37.9 Å². The Balaban J connectivity index is 0.00000280. The minimum absolute atomic E-state index is 0. The number of para-hydroxylation sites is 1. The molecule has 0 aromatic heterocycles. The second-order valence-electron chi connectivity index (χ2n) is 7.15. The first-order valence-electron chi connectivity index (χ1n) is 10.0. The first-order valence-corrected chi connectivity index (χ1v) is 10.4. The smallest absolute Gasteiger partial charge is 0.191 e. The lowest BCUT2D eigenvalue weighted by molar-refractivity contribution is 0.114. The maximum atomic E-state index is 6.32. The number of hydrogen-bond acceptors (Lipinski definition) is 4. The lowest BCUT2D eigenvalue weighted by Gasteiger charge is -2.36. The van der Waals surface area contributed by atoms with E-state index in [0.717, 1.165) is 81.9 Å². The van der Waals surface area contributed by atoms with Crippen molar-refractivity contribution in [2.45, 2.75) is 25.4 Å². The summed E-state index contributed by atoms with van der Waals surface area (Å²) in [6, 6.07) is 8.11. The maximum absolute atomic E-state index is 6.32. The van der Waals surface area contributed by atoms with E-state index in [1.165, 1.54) is 6.42 Å². The summed E-state index contributed by atoms with van der Waals surface area (Å²) < 4.78 is 5.64. The van der Waals surface area contributed by atoms with Crippen molar-refractivity contribution in [1.82, 2.24) is 15.5 Å². The minimum Gasteiger partial charge on any atom is -0.376 e. The fourth-order valence-electron chi connectivity index (χ4n) is 3.67. The maximum Gasteiger partial charge on any atom is 0.191 e. The highest BCUT2D eigenvalue weighted by Crippen LogP contribution is 2.25. The topological polar surface area (TPSA) is 52.1 Å². The van der Waals surface area contributed by atoms with Crippen molar-refractivity contribution >= 4 is 47.2 Å². The molecule has 0 saturated carbocycles. The molecule has 28 heavy (non-hydrogen) atoms. The molecular weight excluding hydrogens is 489 g/mol. The molecule has 1 unspecified atom stereocenters. The van der Waals surface area contributed by atoms with Gasteiger partial charge in [0.05, 0.1) is 16.8 Å². The van der Waals surface area contributed by atoms with Gasteiger partial charge in [0.25, 0.3) is 0 Å². The summed E-state index contributed by atoms with van der Waals surface area (Å²) in [5.41, 5.74) is 1.15. The largest absolute Gasteiger partial charge is 0.376 e. The molecule has 2 heterocycles. The average Bonchev–Trinajstić information content (AvgIpc) is 3.22. The molecule has 3 rings (SSSR count). The Labute approximate surface area is 191 Å². The van der Waals surface area contributed by atoms with Crippen molar-refractivity contribution in [3.63, 3.8) is 0 Å². The molecule has 1 atom stereocenters. The van der Waals surface area contributed by atoms with Crippen LogP contribution < -0.4 is 15.5 Å². The van der Waals surface area contributed by atoms with E-state index < -0.39 is 0 Å². The third kappa shape index (κ3) is 7.24. The zero-order valence-corrected chi connectivity index (χ0v) is 19.8. The predicted octanol–water partition coefficient (Wildman–Crippen LogP) is 2.81. The van der Waals surface area contributed by atoms with Crippen LogP contribution in [-0.2, 0) is 4.74 Å². The number of halogens is 2. The molecule has 0 amide bonds. The SMILES string of the molecule is CN=C(NCCCN1CCN(c2ccccc2Cl)CC1)NCC1CCCO1.I. The van der Waals surface area contributed by atoms with Crippen LogP contribution in [0.4, 0.5) is 5.69 Å². The van der Waals surface area contributed by atoms with Crippen molar-refractivity contribution in [2.75, 3.05) is 64.4 Å². The van der Waals surface area contributed by atoms with E-state index in [-0.39, 0.29) is 24.0 Å². The minimum atomic E-state index is 0. The lowest BCUT2D eigenvalue weighted by Crippen LogP contribution is -2.47. The molecule has 0 radical (unpaired) electrons. The molecule has 8 heteroatoms. The Kier molecular flexibility index (Phi) is 10.7. The highest BCUT2D eigenvalue weighted by atomic mass is 127. The third-order valence-corrected chi connectivity index (χ3v) is 5.57. The zero-order chi connectivity index (χ0) is 18.9. The van der Waals surface area contributed by atoms with Crippen LogP contribution in [-0.4, -0.2) is 76.4 Å². The van der Waals surface area contributed by atoms with Gasteiger partial charge in [0, 0.05) is 52.9 Å². The Morgan fingerprint density at radius 2 is 2.00 bits per heavy atom. The molecule has 2 aliphatic rings. The first kappa shape index (κ1) is 23.5. The van der Waals surface area contributed by atoms with Gasteiger partial charge in [-0.3, -0.25) is 9.89 Å². The highest BCUT2D eigenvalue weighted by Gasteiger charge is 2.18. The van der Waals surface area contributed by atoms with E-state index in [1.54, 1.807) is 0 Å². The van der Waals surface area contributed by atoms with Crippen LogP contribution in [0, 0.1) is 0 Å². The van der Waals surface area contributed by atoms with Crippen molar-refractivity contribution in [1.29, 1.82) is 0 Å². The fraction of sp³-hybridized carbons (Fsp3) is 0.650. The quantitative estimate of drug-likeness (QED) is 0.250. The van der Waals surface area contributed by atoms with Gasteiger partial charge in [-0.2, -0.15) is 0 Å². The van der Waals surface area contributed by atoms with Crippen LogP contribution in [0.5, 0.6) is 0 Å². The summed E-state index contributed by atoms with van der Waals surface area (Å²) in [4.78, 5) is 9.20. The van der Waals surface area contributed by atoms with Gasteiger partial charge in [0.15, 0.2) is 5.96 Å². The van der Waals surface area contributed by atoms with E-state index in [4.69, 9.17) is 16.3 Å². The molecule has 0 aliphatic carbocycles. The number of nitrogens with one attached hydrogen (secondary N) is 2. The normalized spacial score (nSPS) is 20.7. The molecule has 2 saturated heterocycles. The summed E-state index contributed by atoms with van der Waals surface area (Å²) in [7, 11) is 1.82. The number of ether oxygens (including phenoxy) is 1. The molecule has 2 fully saturated rings. The van der Waals surface area contributed by atoms with Crippen LogP contribution in [0.25, 0.3) is 0 Å². The Morgan fingerprint density at radius 3 is 2.68 bits per heavy atom. The van der Waals surface area contributed by atoms with E-state index in [9.17, 15) is 0 Å². The highest BCUT2D eigenvalue weighted by molar-refractivity contribution is 14.0. The molecule has 2 N–H and O–H groups in total. The number of anilines is 1. The number of guanidine groups is 1. The van der Waals surface area contributed by atoms with Gasteiger partial charge < -0.3 is 20.3 Å². The molecule has 6 nitrogen and oxygen atoms in total. The number of nitrogens with zero attached hydrogens (tertiary/aromatic N) is 3. The lowest BCUT2D eigenvalue weighted by atomic mass is 10.2. The van der Waals surface area contributed by atoms with Crippen molar-refractivity contribution in [3.8, 4) is 0 Å². The molecule has 0 spiro atoms. The second-order valence-corrected chi connectivity index (χ2v) is 7.56. The van der Waals surface area contributed by atoms with Crippen LogP contribution in [0.3, 0.4) is 0 Å². The second kappa shape index (κ2) is 12.7. The summed E-state index contributed by atoms with van der Waals surface area (Å²) in [6.07, 6.45) is 3.75. The number of hydrogen-bond donors (Lipinski definition) is 2. The fourth-order valence-corrected chi connectivity index (χ4v) is 3.92. The summed E-state index contributed by atoms with van der Waals surface area (Å²) >= 11 is 6.32. The Hall–Kier alpha value is -0.770. The van der Waals surface area contributed by atoms with Gasteiger partial charge in [0.2, 0.25) is 0 Å². The first-order chi connectivity index (χ1) is 13.3. The average molecular weight is 522 g/mol. The van der Waals surface area contributed by atoms with E-state index in [2.05, 4.69) is 37.6 Å². The van der Waals surface area contributed by atoms with Gasteiger partial charge in [-0.25, -0.2) is 0 Å². The van der Waals surface area contributed by atoms with E-state index in [1.807, 2.05) is 19.2 Å². The number of benzene rings is 1. The summed E-state index contributed by atoms with van der Waals surface area (Å²) in [5.74, 6) is 0.869. The molecule has 2 aliphatic heterocycles. The van der Waals surface area contributed by atoms with Gasteiger partial charge in [0.1, 0.15) is 0 Å². The Bertz CT molecular complexity index is 604. The molecule has 1 aromatic rings. The predicted molar refractivity (Wildman–Crippen MR) is 128 cm³/mol. The van der Waals surface area contributed by atoms with Crippen LogP contribution in [0.2, 0.25) is 5.02 Å². The monoisotopic (exact) mass is 521 g/mol. The molecule has 1 aromatic carbocycles. The third-order valence-electron chi connectivity index (χ3n) is 5.25. The van der Waals surface area contributed by atoms with Crippen LogP contribution >= 0.6 is 35.6 Å². The zero-order valence-electron chi connectivity index (χ0n) is 16.7. The number of rotatable bonds is 7. The van der Waals surface area contributed by atoms with Crippen molar-refractivity contribution in [2.24, 2.45) is 4.99 Å². The summed E-state index contributed by atoms with van der Waals surface area (Å²) in [5, 5.41) is 7.61.